The molecule has 0 aromatic heterocycles. The number of phosphoric acid groups is 2. The van der Waals surface area contributed by atoms with E-state index in [1.54, 1.807) is 0 Å². The zero-order valence-corrected chi connectivity index (χ0v) is 67.3. The number of aliphatic hydroxyl groups is 1. The fourth-order valence-corrected chi connectivity index (χ4v) is 14.1. The van der Waals surface area contributed by atoms with Crippen LogP contribution in [0.15, 0.2) is 0 Å². The highest BCUT2D eigenvalue weighted by molar-refractivity contribution is 7.47. The van der Waals surface area contributed by atoms with E-state index in [0.717, 1.165) is 102 Å². The van der Waals surface area contributed by atoms with Gasteiger partial charge in [-0.25, -0.2) is 9.13 Å². The maximum absolute atomic E-state index is 13.1. The molecule has 0 aromatic carbocycles. The van der Waals surface area contributed by atoms with E-state index >= 15 is 0 Å². The normalized spacial score (nSPS) is 14.2. The van der Waals surface area contributed by atoms with Crippen molar-refractivity contribution in [3.8, 4) is 0 Å². The highest BCUT2D eigenvalue weighted by atomic mass is 31.2. The average Bonchev–Trinajstić information content (AvgIpc) is 0.921. The number of unbranched alkanes of at least 4 members (excludes halogenated alkanes) is 49. The van der Waals surface area contributed by atoms with Gasteiger partial charge in [0.1, 0.15) is 19.3 Å². The molecule has 17 nitrogen and oxygen atoms in total. The lowest BCUT2D eigenvalue weighted by atomic mass is 9.99. The number of esters is 4. The minimum absolute atomic E-state index is 0.107. The summed E-state index contributed by atoms with van der Waals surface area (Å²) < 4.78 is 68.7. The number of hydrogen-bond acceptors (Lipinski definition) is 15. The van der Waals surface area contributed by atoms with Gasteiger partial charge in [-0.15, -0.1) is 0 Å². The van der Waals surface area contributed by atoms with E-state index in [1.807, 2.05) is 0 Å². The zero-order chi connectivity index (χ0) is 73.5. The lowest BCUT2D eigenvalue weighted by molar-refractivity contribution is -0.161. The Morgan fingerprint density at radius 1 is 0.290 bits per heavy atom. The minimum atomic E-state index is -4.96. The number of hydrogen-bond donors (Lipinski definition) is 3. The Bertz CT molecular complexity index is 1930. The molecule has 0 spiro atoms. The van der Waals surface area contributed by atoms with Crippen molar-refractivity contribution in [3.63, 3.8) is 0 Å². The van der Waals surface area contributed by atoms with Gasteiger partial charge in [0.2, 0.25) is 0 Å². The van der Waals surface area contributed by atoms with E-state index in [0.29, 0.717) is 25.7 Å². The smallest absolute Gasteiger partial charge is 0.462 e. The largest absolute Gasteiger partial charge is 0.472 e. The molecule has 3 unspecified atom stereocenters. The fourth-order valence-electron chi connectivity index (χ4n) is 12.5. The molecule has 100 heavy (non-hydrogen) atoms. The van der Waals surface area contributed by atoms with Crippen LogP contribution in [0.2, 0.25) is 0 Å². The predicted octanol–water partition coefficient (Wildman–Crippen LogP) is 24.3. The van der Waals surface area contributed by atoms with Crippen molar-refractivity contribution >= 4 is 39.5 Å². The van der Waals surface area contributed by atoms with Crippen LogP contribution in [0.5, 0.6) is 0 Å². The van der Waals surface area contributed by atoms with E-state index in [-0.39, 0.29) is 25.7 Å². The van der Waals surface area contributed by atoms with Gasteiger partial charge >= 0.3 is 39.5 Å². The van der Waals surface area contributed by atoms with E-state index in [4.69, 9.17) is 37.0 Å². The molecule has 0 aliphatic rings. The molecule has 19 heteroatoms. The van der Waals surface area contributed by atoms with Crippen LogP contribution in [-0.4, -0.2) is 96.7 Å². The molecule has 0 aliphatic heterocycles. The van der Waals surface area contributed by atoms with Crippen LogP contribution in [0.3, 0.4) is 0 Å². The summed E-state index contributed by atoms with van der Waals surface area (Å²) in [7, 11) is -9.92. The molecule has 0 heterocycles. The van der Waals surface area contributed by atoms with Gasteiger partial charge in [0, 0.05) is 25.7 Å². The van der Waals surface area contributed by atoms with Crippen molar-refractivity contribution in [1.82, 2.24) is 0 Å². The topological polar surface area (TPSA) is 237 Å². The molecule has 0 aliphatic carbocycles. The lowest BCUT2D eigenvalue weighted by Gasteiger charge is -2.21. The Hall–Kier alpha value is -1.94. The van der Waals surface area contributed by atoms with Crippen molar-refractivity contribution in [3.05, 3.63) is 0 Å². The second-order valence-electron chi connectivity index (χ2n) is 29.9. The number of rotatable bonds is 80. The summed E-state index contributed by atoms with van der Waals surface area (Å²) in [5.41, 5.74) is 0. The fraction of sp³-hybridized carbons (Fsp3) is 0.951. The molecule has 0 saturated carbocycles. The van der Waals surface area contributed by atoms with Crippen LogP contribution < -0.4 is 0 Å². The first-order valence-electron chi connectivity index (χ1n) is 42.0. The first-order chi connectivity index (χ1) is 48.4. The van der Waals surface area contributed by atoms with Gasteiger partial charge in [-0.05, 0) is 37.5 Å². The summed E-state index contributed by atoms with van der Waals surface area (Å²) in [5, 5.41) is 10.6. The quantitative estimate of drug-likeness (QED) is 0.0222. The van der Waals surface area contributed by atoms with E-state index in [2.05, 4.69) is 41.5 Å². The first kappa shape index (κ1) is 98.1. The van der Waals surface area contributed by atoms with Crippen LogP contribution in [-0.2, 0) is 65.4 Å². The highest BCUT2D eigenvalue weighted by Crippen LogP contribution is 2.45. The monoisotopic (exact) mass is 1470 g/mol. The van der Waals surface area contributed by atoms with Crippen LogP contribution in [0.25, 0.3) is 0 Å². The van der Waals surface area contributed by atoms with Crippen LogP contribution in [0.4, 0.5) is 0 Å². The molecule has 3 N–H and O–H groups in total. The number of carbonyl (C=O) groups excluding carboxylic acids is 4. The maximum Gasteiger partial charge on any atom is 0.472 e. The third-order valence-corrected chi connectivity index (χ3v) is 21.2. The molecule has 0 bridgehead atoms. The number of carbonyl (C=O) groups is 4. The van der Waals surface area contributed by atoms with E-state index < -0.39 is 97.5 Å². The third kappa shape index (κ3) is 73.0. The Kier molecular flexibility index (Phi) is 71.2. The molecular formula is C81H158O17P2. The average molecular weight is 1470 g/mol. The minimum Gasteiger partial charge on any atom is -0.462 e. The third-order valence-electron chi connectivity index (χ3n) is 19.3. The maximum atomic E-state index is 13.1. The van der Waals surface area contributed by atoms with Crippen molar-refractivity contribution in [2.75, 3.05) is 39.6 Å². The Labute approximate surface area is 613 Å². The molecule has 0 aromatic rings. The zero-order valence-electron chi connectivity index (χ0n) is 65.5. The van der Waals surface area contributed by atoms with Crippen LogP contribution in [0, 0.1) is 11.8 Å². The van der Waals surface area contributed by atoms with Gasteiger partial charge in [0.05, 0.1) is 26.4 Å². The summed E-state index contributed by atoms with van der Waals surface area (Å²) in [6.45, 7) is 9.67. The van der Waals surface area contributed by atoms with E-state index in [9.17, 15) is 43.2 Å². The summed E-state index contributed by atoms with van der Waals surface area (Å²) >= 11 is 0. The molecule has 0 rings (SSSR count). The van der Waals surface area contributed by atoms with Crippen LogP contribution in [0.1, 0.15) is 427 Å². The number of phosphoric ester groups is 2. The summed E-state index contributed by atoms with van der Waals surface area (Å²) in [5.74, 6) is -0.510. The molecule has 6 atom stereocenters. The van der Waals surface area contributed by atoms with Gasteiger partial charge in [-0.3, -0.25) is 37.3 Å². The standard InChI is InChI=1S/C81H158O17P2/c1-7-10-12-14-16-18-20-22-27-31-35-38-45-51-57-63-78(83)91-69-76(97-81(86)66-60-54-48-40-36-32-29-26-24-23-25-28-30-33-37-44-50-56-62-74(6)9-3)71-95-99(87,88)93-67-75(82)68-94-100(89,90)96-72-77(70-92-79(84)64-58-52-46-42-41-43-49-55-61-73(4)5)98-80(85)65-59-53-47-39-34-21-19-17-15-13-11-8-2/h73-77,82H,7-72H2,1-6H3,(H,87,88)(H,89,90)/t74?,75-,76-,77-/m1/s1. The first-order valence-corrected chi connectivity index (χ1v) is 45.0. The molecular weight excluding hydrogens is 1310 g/mol. The Morgan fingerprint density at radius 3 is 0.760 bits per heavy atom. The second kappa shape index (κ2) is 72.6. The van der Waals surface area contributed by atoms with Crippen molar-refractivity contribution in [1.29, 1.82) is 0 Å². The van der Waals surface area contributed by atoms with Gasteiger partial charge < -0.3 is 33.8 Å². The van der Waals surface area contributed by atoms with Crippen molar-refractivity contribution < 1.29 is 80.2 Å². The molecule has 0 fully saturated rings. The Balaban J connectivity index is 5.21. The number of ether oxygens (including phenoxy) is 4. The summed E-state index contributed by atoms with van der Waals surface area (Å²) in [6, 6.07) is 0. The summed E-state index contributed by atoms with van der Waals surface area (Å²) in [4.78, 5) is 73.0. The lowest BCUT2D eigenvalue weighted by Crippen LogP contribution is -2.30. The highest BCUT2D eigenvalue weighted by Gasteiger charge is 2.30. The van der Waals surface area contributed by atoms with Gasteiger partial charge in [-0.1, -0.05) is 375 Å². The van der Waals surface area contributed by atoms with Gasteiger partial charge in [0.25, 0.3) is 0 Å². The Morgan fingerprint density at radius 2 is 0.510 bits per heavy atom. The van der Waals surface area contributed by atoms with Crippen LogP contribution >= 0.6 is 15.6 Å². The molecule has 0 saturated heterocycles. The molecule has 0 amide bonds. The van der Waals surface area contributed by atoms with Gasteiger partial charge in [0.15, 0.2) is 12.2 Å². The number of aliphatic hydroxyl groups excluding tert-OH is 1. The second-order valence-corrected chi connectivity index (χ2v) is 32.8. The predicted molar refractivity (Wildman–Crippen MR) is 409 cm³/mol. The molecule has 0 radical (unpaired) electrons. The molecule has 594 valence electrons. The van der Waals surface area contributed by atoms with Gasteiger partial charge in [-0.2, -0.15) is 0 Å². The van der Waals surface area contributed by atoms with E-state index in [1.165, 1.54) is 244 Å². The summed E-state index contributed by atoms with van der Waals surface area (Å²) in [6.07, 6.45) is 62.4. The van der Waals surface area contributed by atoms with Crippen molar-refractivity contribution in [2.45, 2.75) is 445 Å². The SMILES string of the molecule is CCCCCCCCCCCCCCCCCC(=O)OC[C@H](COP(=O)(O)OC[C@@H](O)COP(=O)(O)OC[C@@H](COC(=O)CCCCCCCCCCC(C)C)OC(=O)CCCCCCCCCCCCCC)OC(=O)CCCCCCCCCCCCCCCCCCCCC(C)CC. The van der Waals surface area contributed by atoms with Crippen molar-refractivity contribution in [2.24, 2.45) is 11.8 Å².